The number of benzene rings is 1. The minimum atomic E-state index is -0.0301. The van der Waals surface area contributed by atoms with Crippen LogP contribution >= 0.6 is 0 Å². The van der Waals surface area contributed by atoms with Crippen LogP contribution in [0, 0.1) is 5.92 Å². The zero-order valence-corrected chi connectivity index (χ0v) is 13.3. The molecular weight excluding hydrogens is 244 g/mol. The molecule has 1 aliphatic heterocycles. The van der Waals surface area contributed by atoms with Crippen molar-refractivity contribution in [2.75, 3.05) is 6.61 Å². The van der Waals surface area contributed by atoms with Crippen molar-refractivity contribution in [3.05, 3.63) is 40.5 Å². The van der Waals surface area contributed by atoms with Gasteiger partial charge in [0.2, 0.25) is 0 Å². The smallest absolute Gasteiger partial charge is 0.0920 e. The van der Waals surface area contributed by atoms with Crippen LogP contribution in [0.4, 0.5) is 0 Å². The van der Waals surface area contributed by atoms with Crippen molar-refractivity contribution in [3.8, 4) is 0 Å². The van der Waals surface area contributed by atoms with Crippen LogP contribution in [0.2, 0.25) is 0 Å². The van der Waals surface area contributed by atoms with Gasteiger partial charge in [0, 0.05) is 0 Å². The summed E-state index contributed by atoms with van der Waals surface area (Å²) in [5.74, 6) is 0.539. The lowest BCUT2D eigenvalue weighted by Crippen LogP contribution is -2.43. The average molecular weight is 270 g/mol. The first-order chi connectivity index (χ1) is 9.64. The van der Waals surface area contributed by atoms with Crippen LogP contribution in [0.25, 0.3) is 5.57 Å². The molecular formula is C19H26O. The first-order valence-electron chi connectivity index (χ1n) is 8.11. The summed E-state index contributed by atoms with van der Waals surface area (Å²) in [6, 6.07) is 6.84. The summed E-state index contributed by atoms with van der Waals surface area (Å²) < 4.78 is 6.34. The first kappa shape index (κ1) is 13.9. The monoisotopic (exact) mass is 270 g/mol. The second kappa shape index (κ2) is 5.04. The van der Waals surface area contributed by atoms with Gasteiger partial charge in [0.05, 0.1) is 12.2 Å². The molecule has 1 aromatic rings. The number of fused-ring (bicyclic) bond motifs is 2. The Bertz CT molecular complexity index is 553. The second-order valence-corrected chi connectivity index (χ2v) is 6.43. The van der Waals surface area contributed by atoms with Gasteiger partial charge in [0.1, 0.15) is 0 Å². The van der Waals surface area contributed by atoms with Crippen LogP contribution in [0.5, 0.6) is 0 Å². The molecule has 1 unspecified atom stereocenters. The van der Waals surface area contributed by atoms with Gasteiger partial charge in [-0.25, -0.2) is 0 Å². The Labute approximate surface area is 123 Å². The maximum Gasteiger partial charge on any atom is 0.0920 e. The van der Waals surface area contributed by atoms with Gasteiger partial charge in [-0.1, -0.05) is 45.9 Å². The Kier molecular flexibility index (Phi) is 3.50. The van der Waals surface area contributed by atoms with Gasteiger partial charge < -0.3 is 4.74 Å². The van der Waals surface area contributed by atoms with Gasteiger partial charge in [-0.15, -0.1) is 0 Å². The SMILES string of the molecule is CCc1cccc2c1CC1=C2CCOC1(CC)C(C)C. The topological polar surface area (TPSA) is 9.23 Å². The van der Waals surface area contributed by atoms with E-state index in [1.54, 1.807) is 16.7 Å². The quantitative estimate of drug-likeness (QED) is 0.767. The Morgan fingerprint density at radius 3 is 2.70 bits per heavy atom. The van der Waals surface area contributed by atoms with Crippen LogP contribution < -0.4 is 0 Å². The highest BCUT2D eigenvalue weighted by Crippen LogP contribution is 2.49. The van der Waals surface area contributed by atoms with Crippen molar-refractivity contribution in [3.63, 3.8) is 0 Å². The molecule has 3 rings (SSSR count). The maximum atomic E-state index is 6.34. The number of hydrogen-bond acceptors (Lipinski definition) is 1. The fraction of sp³-hybridized carbons (Fsp3) is 0.579. The fourth-order valence-electron chi connectivity index (χ4n) is 4.26. The fourth-order valence-corrected chi connectivity index (χ4v) is 4.26. The molecule has 1 nitrogen and oxygen atoms in total. The van der Waals surface area contributed by atoms with Gasteiger partial charge in [0.15, 0.2) is 0 Å². The second-order valence-electron chi connectivity index (χ2n) is 6.43. The number of hydrogen-bond donors (Lipinski definition) is 0. The van der Waals surface area contributed by atoms with Crippen LogP contribution in [-0.4, -0.2) is 12.2 Å². The molecule has 0 saturated heterocycles. The lowest BCUT2D eigenvalue weighted by Gasteiger charge is -2.42. The Morgan fingerprint density at radius 2 is 2.05 bits per heavy atom. The normalized spacial score (nSPS) is 25.1. The molecule has 0 N–H and O–H groups in total. The van der Waals surface area contributed by atoms with Crippen molar-refractivity contribution in [1.82, 2.24) is 0 Å². The largest absolute Gasteiger partial charge is 0.370 e. The Balaban J connectivity index is 2.13. The summed E-state index contributed by atoms with van der Waals surface area (Å²) in [6.07, 6.45) is 4.41. The molecule has 0 saturated carbocycles. The third-order valence-electron chi connectivity index (χ3n) is 5.38. The Morgan fingerprint density at radius 1 is 1.25 bits per heavy atom. The van der Waals surface area contributed by atoms with E-state index in [1.807, 2.05) is 0 Å². The molecule has 0 spiro atoms. The first-order valence-corrected chi connectivity index (χ1v) is 8.11. The molecule has 2 aliphatic rings. The molecule has 108 valence electrons. The van der Waals surface area contributed by atoms with Crippen molar-refractivity contribution in [2.45, 2.75) is 59.0 Å². The van der Waals surface area contributed by atoms with E-state index in [0.717, 1.165) is 32.3 Å². The van der Waals surface area contributed by atoms with Crippen LogP contribution in [-0.2, 0) is 17.6 Å². The van der Waals surface area contributed by atoms with E-state index in [-0.39, 0.29) is 5.60 Å². The lowest BCUT2D eigenvalue weighted by atomic mass is 9.76. The summed E-state index contributed by atoms with van der Waals surface area (Å²) in [4.78, 5) is 0. The molecule has 1 heteroatoms. The average Bonchev–Trinajstić information content (AvgIpc) is 2.85. The highest BCUT2D eigenvalue weighted by Gasteiger charge is 2.44. The molecule has 0 fully saturated rings. The summed E-state index contributed by atoms with van der Waals surface area (Å²) in [5, 5.41) is 0. The molecule has 20 heavy (non-hydrogen) atoms. The molecule has 0 radical (unpaired) electrons. The van der Waals surface area contributed by atoms with Crippen molar-refractivity contribution in [2.24, 2.45) is 5.92 Å². The van der Waals surface area contributed by atoms with Crippen LogP contribution in [0.3, 0.4) is 0 Å². The van der Waals surface area contributed by atoms with Crippen molar-refractivity contribution < 1.29 is 4.74 Å². The van der Waals surface area contributed by atoms with E-state index in [1.165, 1.54) is 11.1 Å². The number of rotatable bonds is 3. The third-order valence-corrected chi connectivity index (χ3v) is 5.38. The standard InChI is InChI=1S/C19H26O/c1-5-14-8-7-9-15-16-10-11-20-19(6-2,13(3)4)18(16)12-17(14)15/h7-9,13H,5-6,10-12H2,1-4H3. The highest BCUT2D eigenvalue weighted by atomic mass is 16.5. The zero-order valence-electron chi connectivity index (χ0n) is 13.3. The van der Waals surface area contributed by atoms with E-state index in [0.29, 0.717) is 5.92 Å². The van der Waals surface area contributed by atoms with Gasteiger partial charge in [-0.3, -0.25) is 0 Å². The highest BCUT2D eigenvalue weighted by molar-refractivity contribution is 5.79. The third kappa shape index (κ3) is 1.79. The molecule has 1 heterocycles. The van der Waals surface area contributed by atoms with Gasteiger partial charge in [-0.2, -0.15) is 0 Å². The molecule has 1 aliphatic carbocycles. The van der Waals surface area contributed by atoms with E-state index >= 15 is 0 Å². The maximum absolute atomic E-state index is 6.34. The molecule has 0 bridgehead atoms. The summed E-state index contributed by atoms with van der Waals surface area (Å²) in [6.45, 7) is 10.0. The van der Waals surface area contributed by atoms with Gasteiger partial charge in [0.25, 0.3) is 0 Å². The predicted octanol–water partition coefficient (Wildman–Crippen LogP) is 4.78. The van der Waals surface area contributed by atoms with Gasteiger partial charge >= 0.3 is 0 Å². The predicted molar refractivity (Wildman–Crippen MR) is 84.9 cm³/mol. The molecule has 1 atom stereocenters. The Hall–Kier alpha value is -1.08. The molecule has 0 amide bonds. The molecule has 1 aromatic carbocycles. The lowest BCUT2D eigenvalue weighted by molar-refractivity contribution is -0.0575. The number of ether oxygens (including phenoxy) is 1. The minimum Gasteiger partial charge on any atom is -0.370 e. The summed E-state index contributed by atoms with van der Waals surface area (Å²) >= 11 is 0. The molecule has 0 aromatic heterocycles. The zero-order chi connectivity index (χ0) is 14.3. The van der Waals surface area contributed by atoms with E-state index < -0.39 is 0 Å². The summed E-state index contributed by atoms with van der Waals surface area (Å²) in [5.41, 5.74) is 7.75. The van der Waals surface area contributed by atoms with Gasteiger partial charge in [-0.05, 0) is 59.4 Å². The van der Waals surface area contributed by atoms with Crippen molar-refractivity contribution in [1.29, 1.82) is 0 Å². The van der Waals surface area contributed by atoms with Crippen LogP contribution in [0.15, 0.2) is 23.8 Å². The van der Waals surface area contributed by atoms with Crippen molar-refractivity contribution >= 4 is 5.57 Å². The summed E-state index contributed by atoms with van der Waals surface area (Å²) in [7, 11) is 0. The van der Waals surface area contributed by atoms with E-state index in [4.69, 9.17) is 4.74 Å². The van der Waals surface area contributed by atoms with E-state index in [2.05, 4.69) is 45.9 Å². The van der Waals surface area contributed by atoms with Crippen LogP contribution in [0.1, 0.15) is 57.2 Å². The van der Waals surface area contributed by atoms with E-state index in [9.17, 15) is 0 Å². The minimum absolute atomic E-state index is 0.0301. The number of aryl methyl sites for hydroxylation is 1.